The molecule has 4 aliphatic rings. The van der Waals surface area contributed by atoms with Gasteiger partial charge < -0.3 is 14.0 Å². The molecule has 0 amide bonds. The lowest BCUT2D eigenvalue weighted by Crippen LogP contribution is -2.65. The van der Waals surface area contributed by atoms with Gasteiger partial charge in [0.1, 0.15) is 6.10 Å². The van der Waals surface area contributed by atoms with E-state index < -0.39 is 22.7 Å². The lowest BCUT2D eigenvalue weighted by atomic mass is 9.46. The van der Waals surface area contributed by atoms with Crippen molar-refractivity contribution in [3.63, 3.8) is 0 Å². The minimum absolute atomic E-state index is 0.0690. The maximum atomic E-state index is 12.3. The summed E-state index contributed by atoms with van der Waals surface area (Å²) >= 11 is 0. The van der Waals surface area contributed by atoms with Crippen LogP contribution in [-0.4, -0.2) is 40.1 Å². The monoisotopic (exact) mass is 562 g/mol. The smallest absolute Gasteiger partial charge is 0.192 e. The van der Waals surface area contributed by atoms with E-state index in [4.69, 9.17) is 8.85 Å². The normalized spacial score (nSPS) is 41.3. The van der Waals surface area contributed by atoms with Crippen molar-refractivity contribution >= 4 is 16.6 Å². The summed E-state index contributed by atoms with van der Waals surface area (Å²) in [4.78, 5) is 0. The third-order valence-electron chi connectivity index (χ3n) is 13.6. The van der Waals surface area contributed by atoms with Crippen LogP contribution in [0.25, 0.3) is 0 Å². The number of hydrogen-bond acceptors (Lipinski definition) is 3. The van der Waals surface area contributed by atoms with Gasteiger partial charge in [-0.15, -0.1) is 0 Å². The van der Waals surface area contributed by atoms with Crippen molar-refractivity contribution in [2.45, 2.75) is 162 Å². The van der Waals surface area contributed by atoms with E-state index in [0.29, 0.717) is 11.3 Å². The van der Waals surface area contributed by atoms with Crippen molar-refractivity contribution in [3.8, 4) is 0 Å². The molecule has 3 unspecified atom stereocenters. The molecule has 1 N–H and O–H groups in total. The first-order valence-corrected chi connectivity index (χ1v) is 21.9. The summed E-state index contributed by atoms with van der Waals surface area (Å²) in [6.07, 6.45) is 10.9. The zero-order valence-corrected chi connectivity index (χ0v) is 28.6. The van der Waals surface area contributed by atoms with Gasteiger partial charge in [-0.2, -0.15) is 0 Å². The molecular weight excluding hydrogens is 501 g/mol. The predicted octanol–water partition coefficient (Wildman–Crippen LogP) is 9.34. The Kier molecular flexibility index (Phi) is 9.58. The summed E-state index contributed by atoms with van der Waals surface area (Å²) in [6, 6.07) is 6.79. The fraction of sp³-hybridized carbons (Fsp3) is 0.939. The average molecular weight is 563 g/mol. The third kappa shape index (κ3) is 4.80. The van der Waals surface area contributed by atoms with Gasteiger partial charge in [-0.1, -0.05) is 80.4 Å². The molecule has 38 heavy (non-hydrogen) atoms. The first-order chi connectivity index (χ1) is 18.1. The number of fused-ring (bicyclic) bond motifs is 5. The van der Waals surface area contributed by atoms with E-state index in [2.05, 4.69) is 68.4 Å². The minimum Gasteiger partial charge on any atom is -0.411 e. The molecule has 0 heterocycles. The van der Waals surface area contributed by atoms with Gasteiger partial charge in [-0.25, -0.2) is 0 Å². The van der Waals surface area contributed by atoms with E-state index in [1.807, 2.05) is 0 Å². The van der Waals surface area contributed by atoms with Gasteiger partial charge in [0.05, 0.1) is 12.2 Å². The number of rotatable bonds is 11. The largest absolute Gasteiger partial charge is 0.411 e. The Labute approximate surface area is 238 Å². The summed E-state index contributed by atoms with van der Waals surface area (Å²) in [5.41, 5.74) is 2.02. The highest BCUT2D eigenvalue weighted by Gasteiger charge is 2.63. The molecular formula is C33H62O3Si2. The lowest BCUT2D eigenvalue weighted by Gasteiger charge is -2.62. The second kappa shape index (κ2) is 11.7. The summed E-state index contributed by atoms with van der Waals surface area (Å²) in [5, 5.41) is 12.3. The van der Waals surface area contributed by atoms with E-state index in [1.165, 1.54) is 38.5 Å². The molecule has 220 valence electrons. The number of aliphatic hydroxyl groups is 1. The Balaban J connectivity index is 1.75. The quantitative estimate of drug-likeness (QED) is 0.201. The molecule has 5 heteroatoms. The molecule has 0 aromatic carbocycles. The molecule has 0 aliphatic heterocycles. The molecule has 4 rings (SSSR count). The van der Waals surface area contributed by atoms with Crippen molar-refractivity contribution in [1.82, 2.24) is 0 Å². The van der Waals surface area contributed by atoms with Crippen molar-refractivity contribution in [3.05, 3.63) is 11.6 Å². The van der Waals surface area contributed by atoms with Gasteiger partial charge in [0, 0.05) is 5.41 Å². The molecule has 4 aliphatic carbocycles. The highest BCUT2D eigenvalue weighted by molar-refractivity contribution is 6.74. The second-order valence-corrected chi connectivity index (χ2v) is 23.7. The molecule has 9 atom stereocenters. The maximum Gasteiger partial charge on any atom is 0.192 e. The Morgan fingerprint density at radius 1 is 0.816 bits per heavy atom. The molecule has 0 radical (unpaired) electrons. The number of allylic oxidation sites excluding steroid dienone is 1. The van der Waals surface area contributed by atoms with Crippen molar-refractivity contribution in [2.24, 2.45) is 34.5 Å². The topological polar surface area (TPSA) is 38.7 Å². The summed E-state index contributed by atoms with van der Waals surface area (Å²) in [7, 11) is -3.78. The highest BCUT2D eigenvalue weighted by atomic mass is 28.4. The number of hydrogen-bond donors (Lipinski definition) is 1. The fourth-order valence-electron chi connectivity index (χ4n) is 10.4. The van der Waals surface area contributed by atoms with E-state index in [-0.39, 0.29) is 17.6 Å². The molecule has 0 saturated heterocycles. The van der Waals surface area contributed by atoms with Gasteiger partial charge in [-0.3, -0.25) is 0 Å². The van der Waals surface area contributed by atoms with Gasteiger partial charge in [0.15, 0.2) is 16.6 Å². The van der Waals surface area contributed by atoms with Gasteiger partial charge in [0.25, 0.3) is 0 Å². The molecule has 0 bridgehead atoms. The van der Waals surface area contributed by atoms with Crippen LogP contribution in [0.1, 0.15) is 107 Å². The molecule has 0 aromatic heterocycles. The van der Waals surface area contributed by atoms with Crippen LogP contribution in [-0.2, 0) is 8.85 Å². The average Bonchev–Trinajstić information content (AvgIpc) is 3.29. The lowest BCUT2D eigenvalue weighted by molar-refractivity contribution is -0.151. The Morgan fingerprint density at radius 2 is 1.39 bits per heavy atom. The molecule has 0 aromatic rings. The Morgan fingerprint density at radius 3 is 1.95 bits per heavy atom. The summed E-state index contributed by atoms with van der Waals surface area (Å²) in [6.45, 7) is 21.5. The minimum atomic E-state index is -1.93. The highest BCUT2D eigenvalue weighted by Crippen LogP contribution is 2.67. The van der Waals surface area contributed by atoms with Gasteiger partial charge in [-0.05, 0) is 104 Å². The van der Waals surface area contributed by atoms with Gasteiger partial charge >= 0.3 is 0 Å². The zero-order valence-electron chi connectivity index (χ0n) is 26.6. The first kappa shape index (κ1) is 31.0. The molecule has 0 spiro atoms. The predicted molar refractivity (Wildman–Crippen MR) is 166 cm³/mol. The Bertz CT molecular complexity index is 820. The Hall–Kier alpha value is 0.0538. The van der Waals surface area contributed by atoms with Crippen LogP contribution in [0.4, 0.5) is 0 Å². The van der Waals surface area contributed by atoms with Crippen LogP contribution in [0.3, 0.4) is 0 Å². The van der Waals surface area contributed by atoms with Crippen molar-refractivity contribution in [1.29, 1.82) is 0 Å². The first-order valence-electron chi connectivity index (χ1n) is 16.8. The van der Waals surface area contributed by atoms with Crippen LogP contribution in [0.5, 0.6) is 0 Å². The van der Waals surface area contributed by atoms with Gasteiger partial charge in [0.2, 0.25) is 0 Å². The number of aliphatic hydroxyl groups excluding tert-OH is 1. The standard InChI is InChI=1S/C33H62O3Si2/c1-10-24-18-20-27-26-19-17-25-23-29(35-37(11-2,12-3)13-4)30(34)31(36-38(14-5,15-6)16-7)33(25,9)28(26)21-22-32(24,27)8/h17,24,26-31,34H,10-16,18-23H2,1-9H3/t24-,26-,27-,28-,29?,30?,31?,32+,33-/m0/s1. The SMILES string of the molecule is CC[C@H]1CC[C@H]2[C@@H]3CC=C4CC(O[Si](CC)(CC)CC)C(O)C(O[Si](CC)(CC)CC)[C@]4(C)[C@H]3CC[C@]12C. The van der Waals surface area contributed by atoms with Crippen LogP contribution in [0.15, 0.2) is 11.6 Å². The molecule has 3 saturated carbocycles. The van der Waals surface area contributed by atoms with E-state index in [1.54, 1.807) is 5.57 Å². The van der Waals surface area contributed by atoms with Crippen molar-refractivity contribution < 1.29 is 14.0 Å². The summed E-state index contributed by atoms with van der Waals surface area (Å²) in [5.74, 6) is 3.09. The van der Waals surface area contributed by atoms with E-state index in [9.17, 15) is 5.11 Å². The molecule has 3 nitrogen and oxygen atoms in total. The van der Waals surface area contributed by atoms with Crippen LogP contribution >= 0.6 is 0 Å². The third-order valence-corrected chi connectivity index (χ3v) is 22.9. The van der Waals surface area contributed by atoms with E-state index >= 15 is 0 Å². The molecule has 3 fully saturated rings. The van der Waals surface area contributed by atoms with Crippen molar-refractivity contribution in [2.75, 3.05) is 0 Å². The van der Waals surface area contributed by atoms with E-state index in [0.717, 1.165) is 60.4 Å². The maximum absolute atomic E-state index is 12.3. The zero-order chi connectivity index (χ0) is 27.9. The summed E-state index contributed by atoms with van der Waals surface area (Å²) < 4.78 is 14.6. The second-order valence-electron chi connectivity index (χ2n) is 14.2. The van der Waals surface area contributed by atoms with Crippen LogP contribution < -0.4 is 0 Å². The fourth-order valence-corrected chi connectivity index (χ4v) is 16.1. The van der Waals surface area contributed by atoms with Crippen LogP contribution in [0.2, 0.25) is 36.3 Å². The van der Waals surface area contributed by atoms with Crippen LogP contribution in [0, 0.1) is 34.5 Å².